The second kappa shape index (κ2) is 2.91. The average Bonchev–Trinajstić information content (AvgIpc) is 3.03. The van der Waals surface area contributed by atoms with E-state index < -0.39 is 0 Å². The van der Waals surface area contributed by atoms with Crippen LogP contribution < -0.4 is 9.47 Å². The Hall–Kier alpha value is -1.18. The van der Waals surface area contributed by atoms with Gasteiger partial charge in [-0.1, -0.05) is 12.1 Å². The van der Waals surface area contributed by atoms with Crippen LogP contribution in [0.4, 0.5) is 0 Å². The summed E-state index contributed by atoms with van der Waals surface area (Å²) in [4.78, 5) is 0. The summed E-state index contributed by atoms with van der Waals surface area (Å²) in [5.74, 6) is 2.71. The van der Waals surface area contributed by atoms with Crippen LogP contribution in [0.2, 0.25) is 0 Å². The lowest BCUT2D eigenvalue weighted by Crippen LogP contribution is -2.17. The molecule has 14 heavy (non-hydrogen) atoms. The van der Waals surface area contributed by atoms with Gasteiger partial charge in [-0.05, 0) is 31.2 Å². The summed E-state index contributed by atoms with van der Waals surface area (Å²) in [6.07, 6.45) is 2.61. The van der Waals surface area contributed by atoms with Crippen LogP contribution >= 0.6 is 0 Å². The quantitative estimate of drug-likeness (QED) is 0.677. The predicted molar refractivity (Wildman–Crippen MR) is 54.1 cm³/mol. The van der Waals surface area contributed by atoms with Crippen molar-refractivity contribution in [3.63, 3.8) is 0 Å². The van der Waals surface area contributed by atoms with E-state index >= 15 is 0 Å². The van der Waals surface area contributed by atoms with Crippen molar-refractivity contribution in [2.75, 3.05) is 13.2 Å². The van der Waals surface area contributed by atoms with Gasteiger partial charge >= 0.3 is 0 Å². The second-order valence-electron chi connectivity index (χ2n) is 4.10. The van der Waals surface area contributed by atoms with Crippen molar-refractivity contribution in [2.45, 2.75) is 25.7 Å². The molecule has 0 aromatic heterocycles. The van der Waals surface area contributed by atoms with Gasteiger partial charge in [-0.2, -0.15) is 0 Å². The van der Waals surface area contributed by atoms with Gasteiger partial charge in [0.05, 0.1) is 0 Å². The Labute approximate surface area is 83.8 Å². The minimum absolute atomic E-state index is 0.682. The molecule has 1 fully saturated rings. The number of benzene rings is 1. The minimum atomic E-state index is 0.682. The van der Waals surface area contributed by atoms with Gasteiger partial charge in [0, 0.05) is 5.56 Å². The maximum absolute atomic E-state index is 5.71. The lowest BCUT2D eigenvalue weighted by molar-refractivity contribution is 0.169. The summed E-state index contributed by atoms with van der Waals surface area (Å²) in [5, 5.41) is 0. The first-order valence-corrected chi connectivity index (χ1v) is 5.25. The van der Waals surface area contributed by atoms with Gasteiger partial charge in [0.2, 0.25) is 0 Å². The first kappa shape index (κ1) is 8.16. The van der Waals surface area contributed by atoms with E-state index in [2.05, 4.69) is 19.1 Å². The molecule has 2 nitrogen and oxygen atoms in total. The monoisotopic (exact) mass is 190 g/mol. The second-order valence-corrected chi connectivity index (χ2v) is 4.10. The van der Waals surface area contributed by atoms with Gasteiger partial charge in [0.1, 0.15) is 13.2 Å². The van der Waals surface area contributed by atoms with E-state index in [1.807, 2.05) is 0 Å². The van der Waals surface area contributed by atoms with Crippen molar-refractivity contribution < 1.29 is 9.47 Å². The Morgan fingerprint density at radius 3 is 2.50 bits per heavy atom. The molecule has 1 saturated carbocycles. The van der Waals surface area contributed by atoms with Crippen LogP contribution in [0.25, 0.3) is 0 Å². The molecule has 0 bridgehead atoms. The van der Waals surface area contributed by atoms with Crippen LogP contribution in [0.15, 0.2) is 12.1 Å². The van der Waals surface area contributed by atoms with E-state index in [9.17, 15) is 0 Å². The Morgan fingerprint density at radius 1 is 1.07 bits per heavy atom. The number of aryl methyl sites for hydroxylation is 1. The molecular weight excluding hydrogens is 176 g/mol. The number of hydrogen-bond acceptors (Lipinski definition) is 2. The lowest BCUT2D eigenvalue weighted by atomic mass is 10.1. The third-order valence-corrected chi connectivity index (χ3v) is 2.93. The molecule has 0 unspecified atom stereocenters. The summed E-state index contributed by atoms with van der Waals surface area (Å²) in [5.41, 5.74) is 2.54. The summed E-state index contributed by atoms with van der Waals surface area (Å²) < 4.78 is 11.4. The number of fused-ring (bicyclic) bond motifs is 1. The molecule has 1 aromatic carbocycles. The molecule has 1 aromatic rings. The summed E-state index contributed by atoms with van der Waals surface area (Å²) in [7, 11) is 0. The third-order valence-electron chi connectivity index (χ3n) is 2.93. The van der Waals surface area contributed by atoms with Gasteiger partial charge in [-0.25, -0.2) is 0 Å². The largest absolute Gasteiger partial charge is 0.486 e. The van der Waals surface area contributed by atoms with Gasteiger partial charge in [-0.15, -0.1) is 0 Å². The van der Waals surface area contributed by atoms with Crippen molar-refractivity contribution in [3.05, 3.63) is 23.3 Å². The molecule has 0 radical (unpaired) electrons. The zero-order valence-corrected chi connectivity index (χ0v) is 8.38. The van der Waals surface area contributed by atoms with Crippen molar-refractivity contribution in [3.8, 4) is 11.5 Å². The maximum atomic E-state index is 5.71. The van der Waals surface area contributed by atoms with Gasteiger partial charge in [-0.3, -0.25) is 0 Å². The summed E-state index contributed by atoms with van der Waals surface area (Å²) >= 11 is 0. The SMILES string of the molecule is Cc1ccc(C2CC2)c2c1OCCO2. The van der Waals surface area contributed by atoms with Crippen LogP contribution in [0.5, 0.6) is 11.5 Å². The maximum Gasteiger partial charge on any atom is 0.165 e. The Kier molecular flexibility index (Phi) is 1.69. The lowest BCUT2D eigenvalue weighted by Gasteiger charge is -2.22. The fourth-order valence-corrected chi connectivity index (χ4v) is 2.01. The first-order valence-electron chi connectivity index (χ1n) is 5.25. The molecule has 0 spiro atoms. The van der Waals surface area contributed by atoms with Crippen LogP contribution in [0.1, 0.15) is 29.9 Å². The Bertz CT molecular complexity index is 367. The van der Waals surface area contributed by atoms with E-state index in [-0.39, 0.29) is 0 Å². The predicted octanol–water partition coefficient (Wildman–Crippen LogP) is 2.64. The first-order chi connectivity index (χ1) is 6.86. The van der Waals surface area contributed by atoms with Crippen molar-refractivity contribution in [1.82, 2.24) is 0 Å². The molecule has 2 heteroatoms. The van der Waals surface area contributed by atoms with Crippen molar-refractivity contribution in [1.29, 1.82) is 0 Å². The van der Waals surface area contributed by atoms with Crippen molar-refractivity contribution in [2.24, 2.45) is 0 Å². The van der Waals surface area contributed by atoms with Crippen LogP contribution in [-0.4, -0.2) is 13.2 Å². The molecular formula is C12H14O2. The molecule has 0 saturated heterocycles. The summed E-state index contributed by atoms with van der Waals surface area (Å²) in [6.45, 7) is 3.45. The topological polar surface area (TPSA) is 18.5 Å². The van der Waals surface area contributed by atoms with Gasteiger partial charge in [0.15, 0.2) is 11.5 Å². The van der Waals surface area contributed by atoms with Gasteiger partial charge in [0.25, 0.3) is 0 Å². The fourth-order valence-electron chi connectivity index (χ4n) is 2.01. The molecule has 1 heterocycles. The fraction of sp³-hybridized carbons (Fsp3) is 0.500. The normalized spacial score (nSPS) is 19.5. The standard InChI is InChI=1S/C12H14O2/c1-8-2-5-10(9-3-4-9)12-11(8)13-6-7-14-12/h2,5,9H,3-4,6-7H2,1H3. The number of rotatable bonds is 1. The zero-order valence-electron chi connectivity index (χ0n) is 8.38. The van der Waals surface area contributed by atoms with E-state index in [1.54, 1.807) is 0 Å². The van der Waals surface area contributed by atoms with Crippen molar-refractivity contribution >= 4 is 0 Å². The highest BCUT2D eigenvalue weighted by molar-refractivity contribution is 5.54. The van der Waals surface area contributed by atoms with Crippen LogP contribution in [-0.2, 0) is 0 Å². The molecule has 0 amide bonds. The van der Waals surface area contributed by atoms with E-state index in [1.165, 1.54) is 24.0 Å². The minimum Gasteiger partial charge on any atom is -0.486 e. The van der Waals surface area contributed by atoms with E-state index in [0.717, 1.165) is 17.4 Å². The number of ether oxygens (including phenoxy) is 2. The van der Waals surface area contributed by atoms with Crippen LogP contribution in [0, 0.1) is 6.92 Å². The van der Waals surface area contributed by atoms with E-state index in [0.29, 0.717) is 13.2 Å². The molecule has 3 rings (SSSR count). The Morgan fingerprint density at radius 2 is 1.79 bits per heavy atom. The van der Waals surface area contributed by atoms with E-state index in [4.69, 9.17) is 9.47 Å². The highest BCUT2D eigenvalue weighted by atomic mass is 16.6. The van der Waals surface area contributed by atoms with Gasteiger partial charge < -0.3 is 9.47 Å². The molecule has 0 N–H and O–H groups in total. The molecule has 2 aliphatic rings. The molecule has 0 atom stereocenters. The zero-order chi connectivity index (χ0) is 9.54. The van der Waals surface area contributed by atoms with Crippen LogP contribution in [0.3, 0.4) is 0 Å². The molecule has 1 aliphatic carbocycles. The Balaban J connectivity index is 2.12. The third kappa shape index (κ3) is 1.17. The molecule has 1 aliphatic heterocycles. The number of hydrogen-bond donors (Lipinski definition) is 0. The smallest absolute Gasteiger partial charge is 0.165 e. The highest BCUT2D eigenvalue weighted by Crippen LogP contribution is 2.49. The highest BCUT2D eigenvalue weighted by Gasteiger charge is 2.30. The summed E-state index contributed by atoms with van der Waals surface area (Å²) in [6, 6.07) is 4.34. The average molecular weight is 190 g/mol. The molecule has 74 valence electrons.